The SMILES string of the molecule is NCc1cn(CCOc2ccc(F)cc2Cl)nn1. The van der Waals surface area contributed by atoms with Crippen molar-refractivity contribution in [1.29, 1.82) is 0 Å². The van der Waals surface area contributed by atoms with Gasteiger partial charge < -0.3 is 10.5 Å². The van der Waals surface area contributed by atoms with Crippen molar-refractivity contribution in [2.75, 3.05) is 6.61 Å². The van der Waals surface area contributed by atoms with Gasteiger partial charge in [-0.2, -0.15) is 0 Å². The van der Waals surface area contributed by atoms with Crippen LogP contribution in [0.2, 0.25) is 5.02 Å². The van der Waals surface area contributed by atoms with Gasteiger partial charge in [0.05, 0.1) is 17.3 Å². The highest BCUT2D eigenvalue weighted by Crippen LogP contribution is 2.24. The fourth-order valence-corrected chi connectivity index (χ4v) is 1.60. The normalized spacial score (nSPS) is 10.6. The molecule has 7 heteroatoms. The third-order valence-electron chi connectivity index (χ3n) is 2.27. The molecule has 0 atom stereocenters. The number of rotatable bonds is 5. The van der Waals surface area contributed by atoms with Gasteiger partial charge in [-0.3, -0.25) is 0 Å². The Bertz CT molecular complexity index is 532. The lowest BCUT2D eigenvalue weighted by atomic mass is 10.3. The lowest BCUT2D eigenvalue weighted by molar-refractivity contribution is 0.289. The Hall–Kier alpha value is -1.66. The van der Waals surface area contributed by atoms with Gasteiger partial charge in [0.1, 0.15) is 18.2 Å². The molecular weight excluding hydrogens is 259 g/mol. The summed E-state index contributed by atoms with van der Waals surface area (Å²) in [6.45, 7) is 1.23. The monoisotopic (exact) mass is 270 g/mol. The first-order valence-electron chi connectivity index (χ1n) is 5.36. The number of halogens is 2. The second-order valence-corrected chi connectivity index (χ2v) is 4.01. The molecule has 1 heterocycles. The Morgan fingerprint density at radius 3 is 2.94 bits per heavy atom. The second-order valence-electron chi connectivity index (χ2n) is 3.60. The molecule has 0 amide bonds. The molecule has 2 rings (SSSR count). The molecule has 0 unspecified atom stereocenters. The van der Waals surface area contributed by atoms with E-state index in [1.165, 1.54) is 18.2 Å². The molecule has 0 bridgehead atoms. The van der Waals surface area contributed by atoms with Crippen molar-refractivity contribution in [2.45, 2.75) is 13.1 Å². The maximum Gasteiger partial charge on any atom is 0.138 e. The maximum absolute atomic E-state index is 12.8. The molecule has 0 spiro atoms. The van der Waals surface area contributed by atoms with Crippen LogP contribution in [0, 0.1) is 5.82 Å². The molecule has 1 aromatic heterocycles. The zero-order valence-electron chi connectivity index (χ0n) is 9.51. The van der Waals surface area contributed by atoms with Gasteiger partial charge in [-0.15, -0.1) is 5.10 Å². The van der Waals surface area contributed by atoms with Crippen LogP contribution < -0.4 is 10.5 Å². The van der Waals surface area contributed by atoms with Gasteiger partial charge in [-0.1, -0.05) is 16.8 Å². The molecule has 0 saturated heterocycles. The van der Waals surface area contributed by atoms with Gasteiger partial charge in [-0.25, -0.2) is 9.07 Å². The standard InChI is InChI=1S/C11H12ClFN4O/c12-10-5-8(13)1-2-11(10)18-4-3-17-7-9(6-14)15-16-17/h1-2,5,7H,3-4,6,14H2. The number of nitrogens with two attached hydrogens (primary N) is 1. The van der Waals surface area contributed by atoms with E-state index in [2.05, 4.69) is 10.3 Å². The third-order valence-corrected chi connectivity index (χ3v) is 2.56. The molecular formula is C11H12ClFN4O. The van der Waals surface area contributed by atoms with E-state index in [0.717, 1.165) is 5.69 Å². The molecule has 0 aliphatic carbocycles. The number of aromatic nitrogens is 3. The molecule has 0 fully saturated rings. The quantitative estimate of drug-likeness (QED) is 0.896. The fraction of sp³-hybridized carbons (Fsp3) is 0.273. The van der Waals surface area contributed by atoms with E-state index < -0.39 is 5.82 Å². The summed E-state index contributed by atoms with van der Waals surface area (Å²) in [6.07, 6.45) is 1.75. The van der Waals surface area contributed by atoms with Crippen molar-refractivity contribution in [3.63, 3.8) is 0 Å². The van der Waals surface area contributed by atoms with Crippen LogP contribution in [0.4, 0.5) is 4.39 Å². The van der Waals surface area contributed by atoms with E-state index in [-0.39, 0.29) is 5.02 Å². The van der Waals surface area contributed by atoms with Gasteiger partial charge in [0, 0.05) is 12.7 Å². The minimum Gasteiger partial charge on any atom is -0.490 e. The Kier molecular flexibility index (Phi) is 4.11. The zero-order valence-corrected chi connectivity index (χ0v) is 10.3. The largest absolute Gasteiger partial charge is 0.490 e. The molecule has 0 aliphatic rings. The lowest BCUT2D eigenvalue weighted by Crippen LogP contribution is -2.09. The van der Waals surface area contributed by atoms with Crippen LogP contribution in [0.1, 0.15) is 5.69 Å². The van der Waals surface area contributed by atoms with E-state index in [0.29, 0.717) is 25.4 Å². The highest BCUT2D eigenvalue weighted by atomic mass is 35.5. The van der Waals surface area contributed by atoms with Crippen LogP contribution in [0.15, 0.2) is 24.4 Å². The number of ether oxygens (including phenoxy) is 1. The summed E-state index contributed by atoms with van der Waals surface area (Å²) >= 11 is 5.82. The van der Waals surface area contributed by atoms with Gasteiger partial charge in [0.25, 0.3) is 0 Å². The topological polar surface area (TPSA) is 66.0 Å². The number of nitrogens with zero attached hydrogens (tertiary/aromatic N) is 3. The minimum absolute atomic E-state index is 0.247. The van der Waals surface area contributed by atoms with Gasteiger partial charge in [-0.05, 0) is 18.2 Å². The molecule has 1 aromatic carbocycles. The minimum atomic E-state index is -0.392. The second kappa shape index (κ2) is 5.79. The van der Waals surface area contributed by atoms with Crippen LogP contribution in [-0.2, 0) is 13.1 Å². The molecule has 0 saturated carbocycles. The van der Waals surface area contributed by atoms with Crippen molar-refractivity contribution in [1.82, 2.24) is 15.0 Å². The van der Waals surface area contributed by atoms with Crippen LogP contribution in [0.5, 0.6) is 5.75 Å². The van der Waals surface area contributed by atoms with Gasteiger partial charge in [0.15, 0.2) is 0 Å². The average molecular weight is 271 g/mol. The van der Waals surface area contributed by atoms with Crippen molar-refractivity contribution in [2.24, 2.45) is 5.73 Å². The van der Waals surface area contributed by atoms with E-state index in [4.69, 9.17) is 22.1 Å². The van der Waals surface area contributed by atoms with Crippen LogP contribution in [0.3, 0.4) is 0 Å². The molecule has 0 aliphatic heterocycles. The summed E-state index contributed by atoms with van der Waals surface area (Å²) in [6, 6.07) is 3.99. The highest BCUT2D eigenvalue weighted by Gasteiger charge is 2.03. The molecule has 96 valence electrons. The van der Waals surface area contributed by atoms with Gasteiger partial charge in [0.2, 0.25) is 0 Å². The average Bonchev–Trinajstić information content (AvgIpc) is 2.80. The Morgan fingerprint density at radius 1 is 1.44 bits per heavy atom. The van der Waals surface area contributed by atoms with Crippen molar-refractivity contribution in [3.8, 4) is 5.75 Å². The first-order chi connectivity index (χ1) is 8.69. The number of benzene rings is 1. The van der Waals surface area contributed by atoms with Crippen molar-refractivity contribution in [3.05, 3.63) is 40.9 Å². The summed E-state index contributed by atoms with van der Waals surface area (Å²) < 4.78 is 19.8. The van der Waals surface area contributed by atoms with Crippen LogP contribution >= 0.6 is 11.6 Å². The summed E-state index contributed by atoms with van der Waals surface area (Å²) in [5.41, 5.74) is 6.13. The predicted molar refractivity (Wildman–Crippen MR) is 64.8 cm³/mol. The molecule has 5 nitrogen and oxygen atoms in total. The van der Waals surface area contributed by atoms with Crippen molar-refractivity contribution < 1.29 is 9.13 Å². The van der Waals surface area contributed by atoms with Crippen LogP contribution in [-0.4, -0.2) is 21.6 Å². The first kappa shape index (κ1) is 12.8. The highest BCUT2D eigenvalue weighted by molar-refractivity contribution is 6.32. The fourth-order valence-electron chi connectivity index (χ4n) is 1.38. The van der Waals surface area contributed by atoms with Crippen LogP contribution in [0.25, 0.3) is 0 Å². The van der Waals surface area contributed by atoms with Crippen molar-refractivity contribution >= 4 is 11.6 Å². The van der Waals surface area contributed by atoms with E-state index in [9.17, 15) is 4.39 Å². The zero-order chi connectivity index (χ0) is 13.0. The molecule has 0 radical (unpaired) electrons. The Labute approximate surface area is 108 Å². The third kappa shape index (κ3) is 3.18. The predicted octanol–water partition coefficient (Wildman–Crippen LogP) is 1.61. The number of hydrogen-bond donors (Lipinski definition) is 1. The summed E-state index contributed by atoms with van der Waals surface area (Å²) in [4.78, 5) is 0. The Morgan fingerprint density at radius 2 is 2.28 bits per heavy atom. The first-order valence-corrected chi connectivity index (χ1v) is 5.74. The number of hydrogen-bond acceptors (Lipinski definition) is 4. The van der Waals surface area contributed by atoms with E-state index in [1.807, 2.05) is 0 Å². The van der Waals surface area contributed by atoms with E-state index >= 15 is 0 Å². The summed E-state index contributed by atoms with van der Waals surface area (Å²) in [5, 5.41) is 7.96. The molecule has 2 N–H and O–H groups in total. The maximum atomic E-state index is 12.8. The molecule has 2 aromatic rings. The van der Waals surface area contributed by atoms with Gasteiger partial charge >= 0.3 is 0 Å². The van der Waals surface area contributed by atoms with E-state index in [1.54, 1.807) is 10.9 Å². The summed E-state index contributed by atoms with van der Waals surface area (Å²) in [5.74, 6) is 0.0495. The summed E-state index contributed by atoms with van der Waals surface area (Å²) in [7, 11) is 0. The lowest BCUT2D eigenvalue weighted by Gasteiger charge is -2.07. The smallest absolute Gasteiger partial charge is 0.138 e. The molecule has 18 heavy (non-hydrogen) atoms. The Balaban J connectivity index is 1.88.